The van der Waals surface area contributed by atoms with Gasteiger partial charge in [0.2, 0.25) is 0 Å². The van der Waals surface area contributed by atoms with E-state index < -0.39 is 4.92 Å². The fraction of sp³-hybridized carbons (Fsp3) is 0. The molecule has 0 aromatic heterocycles. The zero-order chi connectivity index (χ0) is 19.2. The molecule has 0 heterocycles. The van der Waals surface area contributed by atoms with Crippen LogP contribution in [0.5, 0.6) is 0 Å². The molecule has 0 fully saturated rings. The average molecular weight is 379 g/mol. The number of nitro groups is 1. The molecule has 0 aliphatic carbocycles. The smallest absolute Gasteiger partial charge is 0.269 e. The summed E-state index contributed by atoms with van der Waals surface area (Å²) in [7, 11) is 0. The van der Waals surface area contributed by atoms with Crippen LogP contribution in [-0.2, 0) is 4.79 Å². The van der Waals surface area contributed by atoms with Crippen molar-refractivity contribution in [3.05, 3.63) is 105 Å². The molecule has 0 saturated carbocycles. The van der Waals surface area contributed by atoms with Crippen molar-refractivity contribution in [2.24, 2.45) is 0 Å². The highest BCUT2D eigenvalue weighted by Gasteiger charge is 2.13. The van der Waals surface area contributed by atoms with Crippen LogP contribution in [0.25, 0.3) is 11.6 Å². The first-order chi connectivity index (χ1) is 13.0. The van der Waals surface area contributed by atoms with E-state index in [2.05, 4.69) is 5.32 Å². The number of carbonyl (C=O) groups is 1. The molecule has 0 aliphatic heterocycles. The summed E-state index contributed by atoms with van der Waals surface area (Å²) in [5, 5.41) is 14.2. The molecule has 0 bridgehead atoms. The maximum atomic E-state index is 12.9. The molecule has 0 atom stereocenters. The van der Waals surface area contributed by atoms with Crippen molar-refractivity contribution < 1.29 is 9.72 Å². The lowest BCUT2D eigenvalue weighted by Gasteiger charge is -2.10. The van der Waals surface area contributed by atoms with E-state index in [4.69, 9.17) is 11.6 Å². The first-order valence-electron chi connectivity index (χ1n) is 8.11. The highest BCUT2D eigenvalue weighted by molar-refractivity contribution is 6.31. The standard InChI is InChI=1S/C21H15ClN2O3/c22-17-8-10-18(11-9-17)23-21(25)20(16-4-2-1-3-5-16)14-15-6-12-19(13-7-15)24(26)27/h1-14H,(H,23,25)/b20-14+. The van der Waals surface area contributed by atoms with E-state index in [9.17, 15) is 14.9 Å². The number of benzene rings is 3. The number of nitro benzene ring substituents is 1. The van der Waals surface area contributed by atoms with Crippen molar-refractivity contribution >= 4 is 40.5 Å². The number of rotatable bonds is 5. The number of hydrogen-bond acceptors (Lipinski definition) is 3. The molecule has 3 rings (SSSR count). The lowest BCUT2D eigenvalue weighted by atomic mass is 10.0. The second-order valence-corrected chi connectivity index (χ2v) is 6.17. The van der Waals surface area contributed by atoms with Gasteiger partial charge in [-0.05, 0) is 53.6 Å². The van der Waals surface area contributed by atoms with Gasteiger partial charge in [-0.3, -0.25) is 14.9 Å². The van der Waals surface area contributed by atoms with Crippen LogP contribution in [0.4, 0.5) is 11.4 Å². The molecule has 27 heavy (non-hydrogen) atoms. The Labute approximate surface area is 161 Å². The van der Waals surface area contributed by atoms with Crippen LogP contribution >= 0.6 is 11.6 Å². The molecule has 0 unspecified atom stereocenters. The number of amides is 1. The molecule has 6 heteroatoms. The second kappa shape index (κ2) is 8.29. The molecular weight excluding hydrogens is 364 g/mol. The van der Waals surface area contributed by atoms with Gasteiger partial charge < -0.3 is 5.32 Å². The van der Waals surface area contributed by atoms with E-state index in [-0.39, 0.29) is 11.6 Å². The van der Waals surface area contributed by atoms with Crippen LogP contribution in [-0.4, -0.2) is 10.8 Å². The summed E-state index contributed by atoms with van der Waals surface area (Å²) in [5.74, 6) is -0.290. The van der Waals surface area contributed by atoms with Crippen molar-refractivity contribution in [1.82, 2.24) is 0 Å². The minimum atomic E-state index is -0.459. The van der Waals surface area contributed by atoms with E-state index >= 15 is 0 Å². The Balaban J connectivity index is 1.94. The number of hydrogen-bond donors (Lipinski definition) is 1. The van der Waals surface area contributed by atoms with Crippen molar-refractivity contribution in [3.8, 4) is 0 Å². The summed E-state index contributed by atoms with van der Waals surface area (Å²) in [6, 6.07) is 22.1. The molecule has 3 aromatic rings. The number of nitrogens with one attached hydrogen (secondary N) is 1. The van der Waals surface area contributed by atoms with E-state index in [1.165, 1.54) is 12.1 Å². The number of nitrogens with zero attached hydrogens (tertiary/aromatic N) is 1. The van der Waals surface area contributed by atoms with Crippen LogP contribution in [0, 0.1) is 10.1 Å². The van der Waals surface area contributed by atoms with Gasteiger partial charge in [0.05, 0.1) is 4.92 Å². The van der Waals surface area contributed by atoms with Gasteiger partial charge in [0.15, 0.2) is 0 Å². The van der Waals surface area contributed by atoms with Gasteiger partial charge >= 0.3 is 0 Å². The average Bonchev–Trinajstić information content (AvgIpc) is 2.69. The molecule has 0 aliphatic rings. The van der Waals surface area contributed by atoms with Gasteiger partial charge in [0.1, 0.15) is 0 Å². The molecule has 1 amide bonds. The Kier molecular flexibility index (Phi) is 5.64. The predicted molar refractivity (Wildman–Crippen MR) is 107 cm³/mol. The third-order valence-electron chi connectivity index (χ3n) is 3.85. The maximum Gasteiger partial charge on any atom is 0.269 e. The van der Waals surface area contributed by atoms with E-state index in [0.717, 1.165) is 5.56 Å². The van der Waals surface area contributed by atoms with Crippen molar-refractivity contribution in [3.63, 3.8) is 0 Å². The summed E-state index contributed by atoms with van der Waals surface area (Å²) in [5.41, 5.74) is 2.49. The Morgan fingerprint density at radius 1 is 0.926 bits per heavy atom. The van der Waals surface area contributed by atoms with E-state index in [1.54, 1.807) is 42.5 Å². The van der Waals surface area contributed by atoms with Crippen LogP contribution in [0.1, 0.15) is 11.1 Å². The molecule has 134 valence electrons. The van der Waals surface area contributed by atoms with Crippen LogP contribution < -0.4 is 5.32 Å². The molecule has 0 radical (unpaired) electrons. The normalized spacial score (nSPS) is 11.1. The summed E-state index contributed by atoms with van der Waals surface area (Å²) in [6.07, 6.45) is 1.70. The summed E-state index contributed by atoms with van der Waals surface area (Å²) in [4.78, 5) is 23.2. The van der Waals surface area contributed by atoms with Crippen molar-refractivity contribution in [2.45, 2.75) is 0 Å². The first kappa shape index (κ1) is 18.4. The van der Waals surface area contributed by atoms with Crippen molar-refractivity contribution in [2.75, 3.05) is 5.32 Å². The molecular formula is C21H15ClN2O3. The molecule has 3 aromatic carbocycles. The third-order valence-corrected chi connectivity index (χ3v) is 4.10. The van der Waals surface area contributed by atoms with Gasteiger partial charge in [0, 0.05) is 28.4 Å². The molecule has 0 spiro atoms. The Hall–Kier alpha value is -3.44. The highest BCUT2D eigenvalue weighted by atomic mass is 35.5. The quantitative estimate of drug-likeness (QED) is 0.278. The summed E-state index contributed by atoms with van der Waals surface area (Å²) in [6.45, 7) is 0. The zero-order valence-corrected chi connectivity index (χ0v) is 14.9. The predicted octanol–water partition coefficient (Wildman–Crippen LogP) is 5.43. The minimum absolute atomic E-state index is 0.000901. The number of non-ortho nitro benzene ring substituents is 1. The van der Waals surface area contributed by atoms with Crippen molar-refractivity contribution in [1.29, 1.82) is 0 Å². The fourth-order valence-electron chi connectivity index (χ4n) is 2.49. The minimum Gasteiger partial charge on any atom is -0.322 e. The Bertz CT molecular complexity index is 982. The van der Waals surface area contributed by atoms with Crippen LogP contribution in [0.15, 0.2) is 78.9 Å². The second-order valence-electron chi connectivity index (χ2n) is 5.73. The number of halogens is 1. The SMILES string of the molecule is O=C(Nc1ccc(Cl)cc1)/C(=C/c1ccc([N+](=O)[O-])cc1)c1ccccc1. The van der Waals surface area contributed by atoms with Gasteiger partial charge in [0.25, 0.3) is 11.6 Å². The lowest BCUT2D eigenvalue weighted by molar-refractivity contribution is -0.384. The molecule has 1 N–H and O–H groups in total. The third kappa shape index (κ3) is 4.80. The Morgan fingerprint density at radius 2 is 1.56 bits per heavy atom. The lowest BCUT2D eigenvalue weighted by Crippen LogP contribution is -2.13. The van der Waals surface area contributed by atoms with Gasteiger partial charge in [-0.1, -0.05) is 41.9 Å². The zero-order valence-electron chi connectivity index (χ0n) is 14.1. The number of carbonyl (C=O) groups excluding carboxylic acids is 1. The fourth-order valence-corrected chi connectivity index (χ4v) is 2.61. The first-order valence-corrected chi connectivity index (χ1v) is 8.49. The van der Waals surface area contributed by atoms with Gasteiger partial charge in [-0.25, -0.2) is 0 Å². The van der Waals surface area contributed by atoms with Crippen LogP contribution in [0.2, 0.25) is 5.02 Å². The van der Waals surface area contributed by atoms with Gasteiger partial charge in [-0.2, -0.15) is 0 Å². The largest absolute Gasteiger partial charge is 0.322 e. The summed E-state index contributed by atoms with van der Waals surface area (Å²) < 4.78 is 0. The molecule has 5 nitrogen and oxygen atoms in total. The van der Waals surface area contributed by atoms with Crippen LogP contribution in [0.3, 0.4) is 0 Å². The molecule has 0 saturated heterocycles. The monoisotopic (exact) mass is 378 g/mol. The van der Waals surface area contributed by atoms with E-state index in [0.29, 0.717) is 21.8 Å². The highest BCUT2D eigenvalue weighted by Crippen LogP contribution is 2.22. The maximum absolute atomic E-state index is 12.9. The Morgan fingerprint density at radius 3 is 2.15 bits per heavy atom. The van der Waals surface area contributed by atoms with Gasteiger partial charge in [-0.15, -0.1) is 0 Å². The summed E-state index contributed by atoms with van der Waals surface area (Å²) >= 11 is 5.88. The van der Waals surface area contributed by atoms with E-state index in [1.807, 2.05) is 30.3 Å². The topological polar surface area (TPSA) is 72.2 Å². The number of anilines is 1.